The van der Waals surface area contributed by atoms with Gasteiger partial charge in [-0.15, -0.1) is 0 Å². The Kier molecular flexibility index (Phi) is 5.10. The van der Waals surface area contributed by atoms with Gasteiger partial charge in [0.25, 0.3) is 0 Å². The molecule has 0 N–H and O–H groups in total. The number of ether oxygens (including phenoxy) is 1. The highest BCUT2D eigenvalue weighted by Gasteiger charge is 1.96. The van der Waals surface area contributed by atoms with Crippen LogP contribution in [0.4, 0.5) is 0 Å². The maximum absolute atomic E-state index is 5.13. The van der Waals surface area contributed by atoms with Gasteiger partial charge in [0.1, 0.15) is 5.75 Å². The second-order valence-corrected chi connectivity index (χ2v) is 4.70. The number of benzene rings is 1. The molecule has 0 aliphatic heterocycles. The van der Waals surface area contributed by atoms with Crippen molar-refractivity contribution in [3.8, 4) is 5.75 Å². The molecule has 0 fully saturated rings. The zero-order chi connectivity index (χ0) is 12.0. The second kappa shape index (κ2) is 6.37. The van der Waals surface area contributed by atoms with E-state index in [1.807, 2.05) is 12.1 Å². The standard InChI is InChI=1S/C15H22O/c1-12(2)11-13(3)5-6-14-7-9-15(16-4)10-8-14/h5,7-10,12H,6,11H2,1-4H3/b13-5-. The largest absolute Gasteiger partial charge is 0.497 e. The van der Waals surface area contributed by atoms with Gasteiger partial charge in [0.15, 0.2) is 0 Å². The fraction of sp³-hybridized carbons (Fsp3) is 0.467. The summed E-state index contributed by atoms with van der Waals surface area (Å²) in [7, 11) is 1.70. The van der Waals surface area contributed by atoms with Crippen molar-refractivity contribution in [1.29, 1.82) is 0 Å². The van der Waals surface area contributed by atoms with E-state index in [0.717, 1.165) is 18.1 Å². The summed E-state index contributed by atoms with van der Waals surface area (Å²) in [6.07, 6.45) is 4.53. The van der Waals surface area contributed by atoms with E-state index in [-0.39, 0.29) is 0 Å². The first kappa shape index (κ1) is 12.8. The van der Waals surface area contributed by atoms with Crippen molar-refractivity contribution >= 4 is 0 Å². The lowest BCUT2D eigenvalue weighted by molar-refractivity contribution is 0.414. The van der Waals surface area contributed by atoms with Crippen LogP contribution in [0.3, 0.4) is 0 Å². The van der Waals surface area contributed by atoms with Crippen LogP contribution in [0, 0.1) is 5.92 Å². The van der Waals surface area contributed by atoms with Gasteiger partial charge in [-0.25, -0.2) is 0 Å². The van der Waals surface area contributed by atoms with Crippen molar-refractivity contribution in [3.05, 3.63) is 41.5 Å². The van der Waals surface area contributed by atoms with Gasteiger partial charge < -0.3 is 4.74 Å². The third-order valence-electron chi connectivity index (χ3n) is 2.58. The summed E-state index contributed by atoms with van der Waals surface area (Å²) in [5, 5.41) is 0. The van der Waals surface area contributed by atoms with Crippen LogP contribution in [-0.2, 0) is 6.42 Å². The Balaban J connectivity index is 2.53. The maximum atomic E-state index is 5.13. The molecule has 0 heterocycles. The minimum atomic E-state index is 0.743. The lowest BCUT2D eigenvalue weighted by atomic mass is 10.0. The third-order valence-corrected chi connectivity index (χ3v) is 2.58. The molecule has 0 unspecified atom stereocenters. The molecule has 1 rings (SSSR count). The van der Waals surface area contributed by atoms with Crippen LogP contribution in [-0.4, -0.2) is 7.11 Å². The van der Waals surface area contributed by atoms with Gasteiger partial charge in [0.05, 0.1) is 7.11 Å². The molecule has 1 aromatic carbocycles. The molecule has 0 radical (unpaired) electrons. The Morgan fingerprint density at radius 1 is 1.25 bits per heavy atom. The Morgan fingerprint density at radius 2 is 1.88 bits per heavy atom. The Bertz CT molecular complexity index is 333. The van der Waals surface area contributed by atoms with Crippen LogP contribution in [0.15, 0.2) is 35.9 Å². The summed E-state index contributed by atoms with van der Waals surface area (Å²) in [6.45, 7) is 6.72. The van der Waals surface area contributed by atoms with E-state index >= 15 is 0 Å². The molecular weight excluding hydrogens is 196 g/mol. The van der Waals surface area contributed by atoms with Gasteiger partial charge in [-0.05, 0) is 43.4 Å². The summed E-state index contributed by atoms with van der Waals surface area (Å²) >= 11 is 0. The van der Waals surface area contributed by atoms with Crippen molar-refractivity contribution in [2.75, 3.05) is 7.11 Å². The summed E-state index contributed by atoms with van der Waals surface area (Å²) in [4.78, 5) is 0. The Labute approximate surface area is 99.1 Å². The number of methoxy groups -OCH3 is 1. The average Bonchev–Trinajstić information content (AvgIpc) is 2.26. The lowest BCUT2D eigenvalue weighted by Crippen LogP contribution is -1.90. The van der Waals surface area contributed by atoms with E-state index in [4.69, 9.17) is 4.74 Å². The van der Waals surface area contributed by atoms with Crippen LogP contribution in [0.2, 0.25) is 0 Å². The van der Waals surface area contributed by atoms with E-state index in [1.165, 1.54) is 17.6 Å². The Hall–Kier alpha value is -1.24. The predicted molar refractivity (Wildman–Crippen MR) is 69.9 cm³/mol. The van der Waals surface area contributed by atoms with Crippen molar-refractivity contribution in [3.63, 3.8) is 0 Å². The normalized spacial score (nSPS) is 11.9. The molecule has 0 aliphatic carbocycles. The van der Waals surface area contributed by atoms with E-state index in [0.29, 0.717) is 0 Å². The monoisotopic (exact) mass is 218 g/mol. The van der Waals surface area contributed by atoms with Crippen LogP contribution in [0.25, 0.3) is 0 Å². The number of hydrogen-bond donors (Lipinski definition) is 0. The van der Waals surface area contributed by atoms with Crippen molar-refractivity contribution in [2.24, 2.45) is 5.92 Å². The van der Waals surface area contributed by atoms with Crippen LogP contribution in [0.5, 0.6) is 5.75 Å². The highest BCUT2D eigenvalue weighted by atomic mass is 16.5. The quantitative estimate of drug-likeness (QED) is 0.672. The summed E-state index contributed by atoms with van der Waals surface area (Å²) in [5.74, 6) is 1.67. The molecule has 0 aliphatic rings. The fourth-order valence-corrected chi connectivity index (χ4v) is 1.78. The van der Waals surface area contributed by atoms with Crippen molar-refractivity contribution < 1.29 is 4.74 Å². The van der Waals surface area contributed by atoms with Gasteiger partial charge in [-0.3, -0.25) is 0 Å². The smallest absolute Gasteiger partial charge is 0.118 e. The highest BCUT2D eigenvalue weighted by molar-refractivity contribution is 5.28. The first-order valence-corrected chi connectivity index (χ1v) is 5.90. The minimum absolute atomic E-state index is 0.743. The molecule has 1 heteroatoms. The predicted octanol–water partition coefficient (Wildman–Crippen LogP) is 4.23. The van der Waals surface area contributed by atoms with Gasteiger partial charge in [0.2, 0.25) is 0 Å². The zero-order valence-electron chi connectivity index (χ0n) is 10.8. The number of hydrogen-bond acceptors (Lipinski definition) is 1. The molecule has 0 bridgehead atoms. The number of allylic oxidation sites excluding steroid dienone is 2. The molecule has 0 atom stereocenters. The third kappa shape index (κ3) is 4.52. The van der Waals surface area contributed by atoms with E-state index in [2.05, 4.69) is 39.0 Å². The summed E-state index contributed by atoms with van der Waals surface area (Å²) in [5.41, 5.74) is 2.81. The molecule has 0 amide bonds. The van der Waals surface area contributed by atoms with Gasteiger partial charge >= 0.3 is 0 Å². The first-order chi connectivity index (χ1) is 7.61. The second-order valence-electron chi connectivity index (χ2n) is 4.70. The zero-order valence-corrected chi connectivity index (χ0v) is 10.8. The first-order valence-electron chi connectivity index (χ1n) is 5.90. The van der Waals surface area contributed by atoms with Gasteiger partial charge in [-0.2, -0.15) is 0 Å². The minimum Gasteiger partial charge on any atom is -0.497 e. The summed E-state index contributed by atoms with van der Waals surface area (Å²) in [6, 6.07) is 8.28. The van der Waals surface area contributed by atoms with Gasteiger partial charge in [-0.1, -0.05) is 37.6 Å². The van der Waals surface area contributed by atoms with Crippen LogP contribution >= 0.6 is 0 Å². The summed E-state index contributed by atoms with van der Waals surface area (Å²) < 4.78 is 5.13. The molecule has 88 valence electrons. The lowest BCUT2D eigenvalue weighted by Gasteiger charge is -2.05. The molecule has 0 spiro atoms. The highest BCUT2D eigenvalue weighted by Crippen LogP contribution is 2.14. The van der Waals surface area contributed by atoms with Gasteiger partial charge in [0, 0.05) is 0 Å². The molecular formula is C15H22O. The number of rotatable bonds is 5. The topological polar surface area (TPSA) is 9.23 Å². The molecule has 1 nitrogen and oxygen atoms in total. The van der Waals surface area contributed by atoms with Crippen LogP contribution < -0.4 is 4.74 Å². The van der Waals surface area contributed by atoms with E-state index < -0.39 is 0 Å². The SMILES string of the molecule is COc1ccc(C/C=C(/C)CC(C)C)cc1. The van der Waals surface area contributed by atoms with E-state index in [1.54, 1.807) is 7.11 Å². The Morgan fingerprint density at radius 3 is 2.38 bits per heavy atom. The maximum Gasteiger partial charge on any atom is 0.118 e. The molecule has 0 saturated heterocycles. The molecule has 0 aromatic heterocycles. The van der Waals surface area contributed by atoms with Crippen LogP contribution in [0.1, 0.15) is 32.8 Å². The van der Waals surface area contributed by atoms with E-state index in [9.17, 15) is 0 Å². The fourth-order valence-electron chi connectivity index (χ4n) is 1.78. The molecule has 1 aromatic rings. The molecule has 16 heavy (non-hydrogen) atoms. The van der Waals surface area contributed by atoms with Crippen molar-refractivity contribution in [1.82, 2.24) is 0 Å². The van der Waals surface area contributed by atoms with Crippen molar-refractivity contribution in [2.45, 2.75) is 33.6 Å². The average molecular weight is 218 g/mol. The molecule has 0 saturated carbocycles.